The van der Waals surface area contributed by atoms with Crippen molar-refractivity contribution in [3.8, 4) is 0 Å². The van der Waals surface area contributed by atoms with Crippen LogP contribution in [0.1, 0.15) is 22.3 Å². The van der Waals surface area contributed by atoms with E-state index < -0.39 is 0 Å². The molecule has 0 saturated carbocycles. The van der Waals surface area contributed by atoms with Crippen LogP contribution < -0.4 is 5.22 Å². The van der Waals surface area contributed by atoms with Gasteiger partial charge < -0.3 is 0 Å². The second-order valence-electron chi connectivity index (χ2n) is 7.43. The minimum atomic E-state index is 0. The van der Waals surface area contributed by atoms with Crippen molar-refractivity contribution in [1.29, 1.82) is 0 Å². The Morgan fingerprint density at radius 3 is 1.68 bits per heavy atom. The summed E-state index contributed by atoms with van der Waals surface area (Å²) in [6.45, 7) is 4.00. The fourth-order valence-corrected chi connectivity index (χ4v) is 4.73. The van der Waals surface area contributed by atoms with Crippen LogP contribution in [-0.2, 0) is 0 Å². The molecule has 6 rings (SSSR count). The molecule has 0 N–H and O–H groups in total. The number of hydrogen-bond acceptors (Lipinski definition) is 0. The van der Waals surface area contributed by atoms with Crippen LogP contribution in [-0.4, -0.2) is 0 Å². The molecule has 0 fully saturated rings. The first-order chi connectivity index (χ1) is 13.8. The predicted molar refractivity (Wildman–Crippen MR) is 144 cm³/mol. The maximum absolute atomic E-state index is 4.00. The monoisotopic (exact) mass is 402 g/mol. The van der Waals surface area contributed by atoms with Crippen molar-refractivity contribution in [2.45, 2.75) is 22.3 Å². The van der Waals surface area contributed by atoms with E-state index in [4.69, 9.17) is 0 Å². The highest BCUT2D eigenvalue weighted by Gasteiger charge is 2.12. The van der Waals surface area contributed by atoms with Crippen molar-refractivity contribution in [1.82, 2.24) is 0 Å². The van der Waals surface area contributed by atoms with E-state index in [1.165, 1.54) is 59.1 Å². The molecule has 0 heteroatoms. The van der Waals surface area contributed by atoms with E-state index in [0.717, 1.165) is 0 Å². The highest BCUT2D eigenvalue weighted by molar-refractivity contribution is 6.28. The third kappa shape index (κ3) is 3.07. The van der Waals surface area contributed by atoms with Gasteiger partial charge in [0.05, 0.1) is 0 Å². The van der Waals surface area contributed by atoms with Gasteiger partial charge in [0, 0.05) is 0 Å². The Labute approximate surface area is 185 Å². The summed E-state index contributed by atoms with van der Waals surface area (Å²) in [7, 11) is 0. The summed E-state index contributed by atoms with van der Waals surface area (Å²) >= 11 is 0. The molecule has 0 atom stereocenters. The van der Waals surface area contributed by atoms with E-state index in [-0.39, 0.29) is 22.3 Å². The van der Waals surface area contributed by atoms with Crippen molar-refractivity contribution in [2.75, 3.05) is 0 Å². The first-order valence-corrected chi connectivity index (χ1v) is 9.66. The van der Waals surface area contributed by atoms with Gasteiger partial charge in [-0.05, 0) is 77.3 Å². The lowest BCUT2D eigenvalue weighted by Gasteiger charge is -2.14. The highest BCUT2D eigenvalue weighted by Crippen LogP contribution is 2.36. The van der Waals surface area contributed by atoms with Gasteiger partial charge in [0.15, 0.2) is 0 Å². The zero-order valence-electron chi connectivity index (χ0n) is 15.4. The number of rotatable bonds is 1. The molecule has 6 aromatic rings. The number of allylic oxidation sites excluding steroid dienone is 1. The van der Waals surface area contributed by atoms with Crippen LogP contribution >= 0.6 is 0 Å². The second kappa shape index (κ2) is 8.24. The van der Waals surface area contributed by atoms with E-state index in [9.17, 15) is 0 Å². The van der Waals surface area contributed by atoms with E-state index in [1.54, 1.807) is 0 Å². The van der Waals surface area contributed by atoms with Gasteiger partial charge in [-0.3, -0.25) is 0 Å². The molecular formula is C31H30. The minimum Gasteiger partial charge on any atom is -0.0990 e. The average Bonchev–Trinajstić information content (AvgIpc) is 2.75. The van der Waals surface area contributed by atoms with Crippen LogP contribution in [0.5, 0.6) is 0 Å². The van der Waals surface area contributed by atoms with Crippen LogP contribution in [0.2, 0.25) is 0 Å². The lowest BCUT2D eigenvalue weighted by molar-refractivity contribution is 1.75. The van der Waals surface area contributed by atoms with Gasteiger partial charge in [-0.1, -0.05) is 108 Å². The molecule has 154 valence electrons. The van der Waals surface area contributed by atoms with Crippen LogP contribution in [0.3, 0.4) is 0 Å². The summed E-state index contributed by atoms with van der Waals surface area (Å²) in [6.07, 6.45) is 4.07. The number of hydrogen-bond donors (Lipinski definition) is 0. The van der Waals surface area contributed by atoms with Gasteiger partial charge >= 0.3 is 0 Å². The van der Waals surface area contributed by atoms with Gasteiger partial charge in [-0.15, -0.1) is 0 Å². The SMILES string of the molecule is C.C.C.C=C/C=c1\c2cc3ccccc3cc2c2cccc3c4ccccc4cc1c32. The Bertz CT molecular complexity index is 1620. The molecule has 0 spiro atoms. The first-order valence-electron chi connectivity index (χ1n) is 9.66. The zero-order valence-corrected chi connectivity index (χ0v) is 15.4. The molecule has 0 aliphatic carbocycles. The molecule has 6 aromatic carbocycles. The smallest absolute Gasteiger partial charge is 0.00199 e. The lowest BCUT2D eigenvalue weighted by atomic mass is 9.89. The fourth-order valence-electron chi connectivity index (χ4n) is 4.73. The maximum Gasteiger partial charge on any atom is -0.00199 e. The van der Waals surface area contributed by atoms with Crippen LogP contribution in [0.25, 0.3) is 59.9 Å². The molecule has 0 aliphatic heterocycles. The van der Waals surface area contributed by atoms with Crippen LogP contribution in [0, 0.1) is 0 Å². The van der Waals surface area contributed by atoms with Crippen molar-refractivity contribution >= 4 is 59.9 Å². The minimum absolute atomic E-state index is 0. The van der Waals surface area contributed by atoms with Gasteiger partial charge in [0.2, 0.25) is 0 Å². The molecule has 0 heterocycles. The quantitative estimate of drug-likeness (QED) is 0.190. The average molecular weight is 403 g/mol. The Hall–Kier alpha value is -3.64. The number of benzene rings is 6. The summed E-state index contributed by atoms with van der Waals surface area (Å²) in [5, 5.41) is 14.3. The largest absolute Gasteiger partial charge is 0.0990 e. The summed E-state index contributed by atoms with van der Waals surface area (Å²) in [5.74, 6) is 0. The molecule has 0 amide bonds. The summed E-state index contributed by atoms with van der Waals surface area (Å²) in [5.41, 5.74) is 0. The van der Waals surface area contributed by atoms with Crippen molar-refractivity contribution in [3.63, 3.8) is 0 Å². The molecule has 0 aromatic heterocycles. The summed E-state index contributed by atoms with van der Waals surface area (Å²) in [6, 6.07) is 31.0. The standard InChI is InChI=1S/C28H18.3CH4/c1-2-8-22-25-15-18-9-3-4-10-19(18)16-26(25)24-14-7-13-23-21-12-6-5-11-20(21)17-27(22)28(23)24;;;/h2-17H,1H2;3*1H4/b22-8+;;;. The topological polar surface area (TPSA) is 0 Å². The van der Waals surface area contributed by atoms with E-state index in [0.29, 0.717) is 0 Å². The van der Waals surface area contributed by atoms with Crippen molar-refractivity contribution in [3.05, 3.63) is 103 Å². The molecule has 0 nitrogen and oxygen atoms in total. The van der Waals surface area contributed by atoms with Crippen molar-refractivity contribution in [2.24, 2.45) is 0 Å². The Balaban J connectivity index is 0.000000907. The molecule has 0 saturated heterocycles. The van der Waals surface area contributed by atoms with E-state index >= 15 is 0 Å². The third-order valence-electron chi connectivity index (χ3n) is 5.93. The normalized spacial score (nSPS) is 11.4. The van der Waals surface area contributed by atoms with Gasteiger partial charge in [0.1, 0.15) is 0 Å². The van der Waals surface area contributed by atoms with Crippen LogP contribution in [0.4, 0.5) is 0 Å². The number of fused-ring (bicyclic) bond motifs is 5. The first kappa shape index (κ1) is 22.1. The Morgan fingerprint density at radius 2 is 1.00 bits per heavy atom. The summed E-state index contributed by atoms with van der Waals surface area (Å²) < 4.78 is 0. The third-order valence-corrected chi connectivity index (χ3v) is 5.93. The van der Waals surface area contributed by atoms with Crippen molar-refractivity contribution < 1.29 is 0 Å². The Morgan fingerprint density at radius 1 is 0.484 bits per heavy atom. The van der Waals surface area contributed by atoms with Gasteiger partial charge in [-0.25, -0.2) is 0 Å². The molecule has 0 bridgehead atoms. The zero-order chi connectivity index (χ0) is 18.7. The molecular weight excluding hydrogens is 372 g/mol. The molecule has 0 aliphatic rings. The maximum atomic E-state index is 4.00. The van der Waals surface area contributed by atoms with E-state index in [2.05, 4.69) is 97.6 Å². The molecule has 0 unspecified atom stereocenters. The predicted octanol–water partition coefficient (Wildman–Crippen LogP) is 9.05. The van der Waals surface area contributed by atoms with Gasteiger partial charge in [-0.2, -0.15) is 0 Å². The molecule has 31 heavy (non-hydrogen) atoms. The lowest BCUT2D eigenvalue weighted by Crippen LogP contribution is -2.05. The highest BCUT2D eigenvalue weighted by atomic mass is 14.2. The van der Waals surface area contributed by atoms with Crippen LogP contribution in [0.15, 0.2) is 97.6 Å². The molecule has 0 radical (unpaired) electrons. The fraction of sp³-hybridized carbons (Fsp3) is 0.0968. The second-order valence-corrected chi connectivity index (χ2v) is 7.43. The summed E-state index contributed by atoms with van der Waals surface area (Å²) in [4.78, 5) is 0. The van der Waals surface area contributed by atoms with Gasteiger partial charge in [0.25, 0.3) is 0 Å². The Kier molecular flexibility index (Phi) is 5.86. The van der Waals surface area contributed by atoms with E-state index in [1.807, 2.05) is 6.08 Å².